The van der Waals surface area contributed by atoms with E-state index in [0.29, 0.717) is 34.0 Å². The lowest BCUT2D eigenvalue weighted by Gasteiger charge is -2.29. The molecule has 0 aliphatic heterocycles. The van der Waals surface area contributed by atoms with E-state index in [0.717, 1.165) is 5.56 Å². The van der Waals surface area contributed by atoms with E-state index in [1.165, 1.54) is 4.90 Å². The first-order valence-electron chi connectivity index (χ1n) is 9.99. The summed E-state index contributed by atoms with van der Waals surface area (Å²) < 4.78 is 10.9. The molecule has 0 saturated heterocycles. The maximum absolute atomic E-state index is 13.1. The highest BCUT2D eigenvalue weighted by molar-refractivity contribution is 6.35. The Balaban J connectivity index is 2.18. The summed E-state index contributed by atoms with van der Waals surface area (Å²) in [5.41, 5.74) is 0.834. The number of hydrogen-bond acceptors (Lipinski definition) is 4. The van der Waals surface area contributed by atoms with Gasteiger partial charge in [0, 0.05) is 18.1 Å². The monoisotopic (exact) mass is 466 g/mol. The molecule has 0 aliphatic carbocycles. The van der Waals surface area contributed by atoms with Crippen molar-refractivity contribution in [2.75, 3.05) is 20.3 Å². The van der Waals surface area contributed by atoms with Gasteiger partial charge in [-0.15, -0.1) is 0 Å². The van der Waals surface area contributed by atoms with Crippen LogP contribution in [0.4, 0.5) is 0 Å². The maximum atomic E-state index is 13.1. The van der Waals surface area contributed by atoms with E-state index in [2.05, 4.69) is 5.32 Å². The molecule has 168 valence electrons. The summed E-state index contributed by atoms with van der Waals surface area (Å²) in [5, 5.41) is 3.66. The predicted molar refractivity (Wildman–Crippen MR) is 123 cm³/mol. The molecule has 0 radical (unpaired) electrons. The maximum Gasteiger partial charge on any atom is 0.261 e. The van der Waals surface area contributed by atoms with Gasteiger partial charge in [-0.25, -0.2) is 0 Å². The van der Waals surface area contributed by atoms with Crippen molar-refractivity contribution in [2.45, 2.75) is 33.4 Å². The highest BCUT2D eigenvalue weighted by Crippen LogP contribution is 2.27. The molecule has 8 heteroatoms. The van der Waals surface area contributed by atoms with Crippen molar-refractivity contribution in [3.8, 4) is 11.5 Å². The minimum absolute atomic E-state index is 0.226. The first-order valence-corrected chi connectivity index (χ1v) is 10.7. The lowest BCUT2D eigenvalue weighted by atomic mass is 10.1. The normalized spacial score (nSPS) is 11.7. The highest BCUT2D eigenvalue weighted by atomic mass is 35.5. The quantitative estimate of drug-likeness (QED) is 0.556. The Bertz CT molecular complexity index is 905. The summed E-state index contributed by atoms with van der Waals surface area (Å²) in [6.45, 7) is 6.20. The van der Waals surface area contributed by atoms with Gasteiger partial charge in [0.05, 0.1) is 12.1 Å². The molecule has 2 aromatic rings. The first kappa shape index (κ1) is 24.8. The zero-order chi connectivity index (χ0) is 23.0. The SMILES string of the molecule is COc1cccc(CN(C(=O)COc2ccc(Cl)cc2Cl)C(C)C(=O)NCC(C)C)c1. The van der Waals surface area contributed by atoms with Crippen molar-refractivity contribution in [3.63, 3.8) is 0 Å². The fraction of sp³-hybridized carbons (Fsp3) is 0.391. The number of ether oxygens (including phenoxy) is 2. The number of amides is 2. The molecule has 1 unspecified atom stereocenters. The highest BCUT2D eigenvalue weighted by Gasteiger charge is 2.27. The van der Waals surface area contributed by atoms with E-state index in [1.54, 1.807) is 32.2 Å². The Morgan fingerprint density at radius 1 is 1.10 bits per heavy atom. The van der Waals surface area contributed by atoms with Crippen LogP contribution in [-0.4, -0.2) is 43.0 Å². The molecular weight excluding hydrogens is 439 g/mol. The van der Waals surface area contributed by atoms with E-state index >= 15 is 0 Å². The third-order valence-corrected chi connectivity index (χ3v) is 5.11. The van der Waals surface area contributed by atoms with Gasteiger partial charge in [0.1, 0.15) is 17.5 Å². The fourth-order valence-corrected chi connectivity index (χ4v) is 3.28. The number of carbonyl (C=O) groups excluding carboxylic acids is 2. The Labute approximate surface area is 193 Å². The third kappa shape index (κ3) is 7.64. The van der Waals surface area contributed by atoms with Gasteiger partial charge in [-0.1, -0.05) is 49.2 Å². The molecule has 6 nitrogen and oxygen atoms in total. The van der Waals surface area contributed by atoms with Gasteiger partial charge < -0.3 is 19.7 Å². The molecule has 2 rings (SSSR count). The summed E-state index contributed by atoms with van der Waals surface area (Å²) in [7, 11) is 1.58. The zero-order valence-corrected chi connectivity index (χ0v) is 19.7. The van der Waals surface area contributed by atoms with Gasteiger partial charge in [0.2, 0.25) is 5.91 Å². The number of halogens is 2. The van der Waals surface area contributed by atoms with Crippen LogP contribution in [-0.2, 0) is 16.1 Å². The van der Waals surface area contributed by atoms with Crippen LogP contribution in [0.1, 0.15) is 26.3 Å². The second-order valence-electron chi connectivity index (χ2n) is 7.55. The number of hydrogen-bond donors (Lipinski definition) is 1. The lowest BCUT2D eigenvalue weighted by molar-refractivity contribution is -0.142. The second kappa shape index (κ2) is 11.8. The van der Waals surface area contributed by atoms with Crippen LogP contribution < -0.4 is 14.8 Å². The number of nitrogens with zero attached hydrogens (tertiary/aromatic N) is 1. The Kier molecular flexibility index (Phi) is 9.46. The largest absolute Gasteiger partial charge is 0.497 e. The van der Waals surface area contributed by atoms with E-state index in [9.17, 15) is 9.59 Å². The summed E-state index contributed by atoms with van der Waals surface area (Å²) in [4.78, 5) is 27.2. The minimum Gasteiger partial charge on any atom is -0.497 e. The van der Waals surface area contributed by atoms with E-state index in [4.69, 9.17) is 32.7 Å². The van der Waals surface area contributed by atoms with Crippen molar-refractivity contribution in [3.05, 3.63) is 58.1 Å². The molecule has 0 bridgehead atoms. The van der Waals surface area contributed by atoms with Gasteiger partial charge in [0.15, 0.2) is 6.61 Å². The van der Waals surface area contributed by atoms with Gasteiger partial charge in [0.25, 0.3) is 5.91 Å². The Morgan fingerprint density at radius 3 is 2.48 bits per heavy atom. The molecular formula is C23H28Cl2N2O4. The first-order chi connectivity index (χ1) is 14.7. The minimum atomic E-state index is -0.693. The van der Waals surface area contributed by atoms with Crippen molar-refractivity contribution in [2.24, 2.45) is 5.92 Å². The zero-order valence-electron chi connectivity index (χ0n) is 18.2. The molecule has 0 aromatic heterocycles. The van der Waals surface area contributed by atoms with Gasteiger partial charge in [-0.2, -0.15) is 0 Å². The fourth-order valence-electron chi connectivity index (χ4n) is 2.82. The van der Waals surface area contributed by atoms with Gasteiger partial charge >= 0.3 is 0 Å². The number of carbonyl (C=O) groups is 2. The van der Waals surface area contributed by atoms with Crippen molar-refractivity contribution < 1.29 is 19.1 Å². The molecule has 0 saturated carbocycles. The van der Waals surface area contributed by atoms with Crippen LogP contribution in [0.3, 0.4) is 0 Å². The third-order valence-electron chi connectivity index (χ3n) is 4.58. The van der Waals surface area contributed by atoms with Crippen molar-refractivity contribution in [1.29, 1.82) is 0 Å². The van der Waals surface area contributed by atoms with E-state index in [-0.39, 0.29) is 25.0 Å². The number of methoxy groups -OCH3 is 1. The van der Waals surface area contributed by atoms with Crippen LogP contribution in [0.2, 0.25) is 10.0 Å². The van der Waals surface area contributed by atoms with Gasteiger partial charge in [-0.3, -0.25) is 9.59 Å². The number of nitrogens with one attached hydrogen (secondary N) is 1. The average Bonchev–Trinajstić information content (AvgIpc) is 2.74. The molecule has 2 aromatic carbocycles. The molecule has 1 N–H and O–H groups in total. The summed E-state index contributed by atoms with van der Waals surface area (Å²) in [6, 6.07) is 11.4. The number of rotatable bonds is 10. The molecule has 0 aliphatic rings. The molecule has 0 fully saturated rings. The van der Waals surface area contributed by atoms with Crippen LogP contribution >= 0.6 is 23.2 Å². The van der Waals surface area contributed by atoms with Crippen LogP contribution in [0.15, 0.2) is 42.5 Å². The Morgan fingerprint density at radius 2 is 1.84 bits per heavy atom. The molecule has 0 heterocycles. The molecule has 1 atom stereocenters. The molecule has 31 heavy (non-hydrogen) atoms. The van der Waals surface area contributed by atoms with E-state index < -0.39 is 6.04 Å². The van der Waals surface area contributed by atoms with Gasteiger partial charge in [-0.05, 0) is 48.7 Å². The second-order valence-corrected chi connectivity index (χ2v) is 8.40. The van der Waals surface area contributed by atoms with E-state index in [1.807, 2.05) is 38.1 Å². The van der Waals surface area contributed by atoms with Crippen LogP contribution in [0, 0.1) is 5.92 Å². The lowest BCUT2D eigenvalue weighted by Crippen LogP contribution is -2.49. The van der Waals surface area contributed by atoms with Crippen molar-refractivity contribution in [1.82, 2.24) is 10.2 Å². The summed E-state index contributed by atoms with van der Waals surface area (Å²) in [6.07, 6.45) is 0. The Hall–Kier alpha value is -2.44. The van der Waals surface area contributed by atoms with Crippen LogP contribution in [0.25, 0.3) is 0 Å². The smallest absolute Gasteiger partial charge is 0.261 e. The summed E-state index contributed by atoms with van der Waals surface area (Å²) >= 11 is 12.0. The molecule has 2 amide bonds. The van der Waals surface area contributed by atoms with Crippen molar-refractivity contribution >= 4 is 35.0 Å². The number of benzene rings is 2. The molecule has 0 spiro atoms. The predicted octanol–water partition coefficient (Wildman–Crippen LogP) is 4.57. The standard InChI is InChI=1S/C23H28Cl2N2O4/c1-15(2)12-26-23(29)16(3)27(13-17-6-5-7-19(10-17)30-4)22(28)14-31-21-9-8-18(24)11-20(21)25/h5-11,15-16H,12-14H2,1-4H3,(H,26,29). The summed E-state index contributed by atoms with van der Waals surface area (Å²) in [5.74, 6) is 0.744. The topological polar surface area (TPSA) is 67.9 Å². The van der Waals surface area contributed by atoms with Crippen LogP contribution in [0.5, 0.6) is 11.5 Å². The average molecular weight is 467 g/mol.